The van der Waals surface area contributed by atoms with Gasteiger partial charge in [0.15, 0.2) is 0 Å². The molecule has 0 radical (unpaired) electrons. The lowest BCUT2D eigenvalue weighted by Crippen LogP contribution is -2.39. The van der Waals surface area contributed by atoms with Gasteiger partial charge in [-0.05, 0) is 42.7 Å². The van der Waals surface area contributed by atoms with Crippen molar-refractivity contribution in [2.45, 2.75) is 38.1 Å². The second-order valence-electron chi connectivity index (χ2n) is 8.21. The second kappa shape index (κ2) is 7.34. The molecule has 1 N–H and O–H groups in total. The molecule has 1 saturated heterocycles. The molecule has 0 aromatic heterocycles. The molecule has 2 aliphatic heterocycles. The van der Waals surface area contributed by atoms with E-state index in [4.69, 9.17) is 10.2 Å². The topological polar surface area (TPSA) is 53.8 Å². The Morgan fingerprint density at radius 3 is 1.82 bits per heavy atom. The summed E-state index contributed by atoms with van der Waals surface area (Å²) in [6.45, 7) is 0. The van der Waals surface area contributed by atoms with Crippen molar-refractivity contribution < 1.29 is 4.79 Å². The number of rotatable bonds is 2. The number of hydrogen-bond acceptors (Lipinski definition) is 3. The molecule has 28 heavy (non-hydrogen) atoms. The molecule has 2 aromatic carbocycles. The molecule has 0 spiro atoms. The molecular weight excluding hydrogens is 346 g/mol. The Hall–Kier alpha value is -2.75. The molecule has 4 nitrogen and oxygen atoms in total. The number of carbonyl (C=O) groups is 1. The van der Waals surface area contributed by atoms with Crippen LogP contribution in [0.25, 0.3) is 0 Å². The molecule has 1 aliphatic carbocycles. The van der Waals surface area contributed by atoms with Crippen LogP contribution < -0.4 is 5.32 Å². The fourth-order valence-electron chi connectivity index (χ4n) is 5.20. The fraction of sp³-hybridized carbons (Fsp3) is 0.375. The van der Waals surface area contributed by atoms with Crippen molar-refractivity contribution in [3.8, 4) is 0 Å². The van der Waals surface area contributed by atoms with Gasteiger partial charge >= 0.3 is 0 Å². The number of fused-ring (bicyclic) bond motifs is 2. The Labute approximate surface area is 165 Å². The van der Waals surface area contributed by atoms with Gasteiger partial charge in [0, 0.05) is 24.3 Å². The predicted octanol–water partition coefficient (Wildman–Crippen LogP) is 4.20. The minimum Gasteiger partial charge on any atom is -0.353 e. The van der Waals surface area contributed by atoms with Crippen LogP contribution in [0.5, 0.6) is 0 Å². The zero-order valence-corrected chi connectivity index (χ0v) is 15.9. The molecule has 2 aromatic rings. The van der Waals surface area contributed by atoms with Crippen LogP contribution in [0.2, 0.25) is 0 Å². The lowest BCUT2D eigenvalue weighted by molar-refractivity contribution is -0.119. The molecule has 0 bridgehead atoms. The summed E-state index contributed by atoms with van der Waals surface area (Å²) in [5.41, 5.74) is 4.56. The van der Waals surface area contributed by atoms with Crippen LogP contribution >= 0.6 is 0 Å². The van der Waals surface area contributed by atoms with Gasteiger partial charge in [-0.15, -0.1) is 0 Å². The van der Waals surface area contributed by atoms with Gasteiger partial charge in [-0.3, -0.25) is 4.79 Å². The molecule has 142 valence electrons. The number of hydrogen-bond donors (Lipinski definition) is 1. The summed E-state index contributed by atoms with van der Waals surface area (Å²) in [6.07, 6.45) is 4.86. The molecule has 4 atom stereocenters. The third-order valence-corrected chi connectivity index (χ3v) is 6.59. The zero-order valence-electron chi connectivity index (χ0n) is 15.9. The first-order valence-electron chi connectivity index (χ1n) is 10.4. The van der Waals surface area contributed by atoms with Gasteiger partial charge in [0.25, 0.3) is 0 Å². The maximum Gasteiger partial charge on any atom is 0.220 e. The molecule has 2 fully saturated rings. The minimum atomic E-state index is 0.216. The van der Waals surface area contributed by atoms with E-state index < -0.39 is 0 Å². The number of amides is 1. The average molecular weight is 371 g/mol. The fourth-order valence-corrected chi connectivity index (χ4v) is 5.20. The normalized spacial score (nSPS) is 29.5. The van der Waals surface area contributed by atoms with Crippen molar-refractivity contribution in [3.63, 3.8) is 0 Å². The van der Waals surface area contributed by atoms with E-state index in [-0.39, 0.29) is 5.91 Å². The van der Waals surface area contributed by atoms with Gasteiger partial charge in [0.05, 0.1) is 11.4 Å². The van der Waals surface area contributed by atoms with Crippen molar-refractivity contribution >= 4 is 17.3 Å². The Bertz CT molecular complexity index is 844. The highest BCUT2D eigenvalue weighted by Gasteiger charge is 2.41. The van der Waals surface area contributed by atoms with Gasteiger partial charge < -0.3 is 5.32 Å². The Kier molecular flexibility index (Phi) is 4.55. The minimum absolute atomic E-state index is 0.216. The maximum absolute atomic E-state index is 12.0. The summed E-state index contributed by atoms with van der Waals surface area (Å²) in [6, 6.07) is 21.2. The number of nitrogens with one attached hydrogen (secondary N) is 1. The molecule has 3 aliphatic rings. The van der Waals surface area contributed by atoms with Gasteiger partial charge in [0.1, 0.15) is 0 Å². The lowest BCUT2D eigenvalue weighted by atomic mass is 9.70. The lowest BCUT2D eigenvalue weighted by Gasteiger charge is -2.36. The van der Waals surface area contributed by atoms with Crippen molar-refractivity contribution in [1.82, 2.24) is 5.32 Å². The van der Waals surface area contributed by atoms with Crippen LogP contribution in [0, 0.1) is 17.8 Å². The van der Waals surface area contributed by atoms with Crippen LogP contribution in [0.3, 0.4) is 0 Å². The van der Waals surface area contributed by atoms with Crippen molar-refractivity contribution in [2.75, 3.05) is 0 Å². The largest absolute Gasteiger partial charge is 0.353 e. The molecule has 2 heterocycles. The highest BCUT2D eigenvalue weighted by Crippen LogP contribution is 2.39. The van der Waals surface area contributed by atoms with Gasteiger partial charge in [-0.25, -0.2) is 0 Å². The monoisotopic (exact) mass is 371 g/mol. The Morgan fingerprint density at radius 1 is 0.714 bits per heavy atom. The molecule has 1 saturated carbocycles. The van der Waals surface area contributed by atoms with Crippen LogP contribution in [-0.4, -0.2) is 23.4 Å². The third kappa shape index (κ3) is 3.17. The molecular formula is C24H25N3O. The highest BCUT2D eigenvalue weighted by molar-refractivity contribution is 6.11. The summed E-state index contributed by atoms with van der Waals surface area (Å²) < 4.78 is 0. The van der Waals surface area contributed by atoms with Crippen molar-refractivity contribution in [1.29, 1.82) is 0 Å². The number of nitrogens with zero attached hydrogens (tertiary/aromatic N) is 2. The van der Waals surface area contributed by atoms with E-state index in [1.807, 2.05) is 12.1 Å². The Balaban J connectivity index is 1.54. The van der Waals surface area contributed by atoms with E-state index in [1.54, 1.807) is 0 Å². The van der Waals surface area contributed by atoms with Crippen LogP contribution in [0.4, 0.5) is 0 Å². The first-order valence-corrected chi connectivity index (χ1v) is 10.4. The third-order valence-electron chi connectivity index (χ3n) is 6.59. The standard InChI is InChI=1S/C24H25N3O/c28-22-15-18-11-12-19-20(13-14-21(18)25-22)24(17-9-5-2-6-10-17)27-26-23(19)16-7-3-1-4-8-16/h1-10,18-21H,11-15H2,(H,25,28). The average Bonchev–Trinajstić information content (AvgIpc) is 3.08. The first-order chi connectivity index (χ1) is 13.8. The Morgan fingerprint density at radius 2 is 1.25 bits per heavy atom. The summed E-state index contributed by atoms with van der Waals surface area (Å²) in [5, 5.41) is 12.7. The first kappa shape index (κ1) is 17.4. The van der Waals surface area contributed by atoms with Gasteiger partial charge in [-0.1, -0.05) is 60.7 Å². The predicted molar refractivity (Wildman–Crippen MR) is 111 cm³/mol. The molecule has 4 heteroatoms. The van der Waals surface area contributed by atoms with Crippen LogP contribution in [0.15, 0.2) is 70.9 Å². The van der Waals surface area contributed by atoms with E-state index in [1.165, 1.54) is 11.1 Å². The van der Waals surface area contributed by atoms with E-state index in [2.05, 4.69) is 53.8 Å². The number of benzene rings is 2. The van der Waals surface area contributed by atoms with Crippen molar-refractivity contribution in [2.24, 2.45) is 28.0 Å². The van der Waals surface area contributed by atoms with E-state index in [0.29, 0.717) is 30.2 Å². The smallest absolute Gasteiger partial charge is 0.220 e. The van der Waals surface area contributed by atoms with Crippen molar-refractivity contribution in [3.05, 3.63) is 71.8 Å². The van der Waals surface area contributed by atoms with Crippen LogP contribution in [-0.2, 0) is 4.79 Å². The van der Waals surface area contributed by atoms with E-state index >= 15 is 0 Å². The van der Waals surface area contributed by atoms with Gasteiger partial charge in [-0.2, -0.15) is 10.2 Å². The van der Waals surface area contributed by atoms with Gasteiger partial charge in [0.2, 0.25) is 5.91 Å². The van der Waals surface area contributed by atoms with E-state index in [0.717, 1.165) is 37.1 Å². The van der Waals surface area contributed by atoms with E-state index in [9.17, 15) is 4.79 Å². The number of carbonyl (C=O) groups excluding carboxylic acids is 1. The summed E-state index contributed by atoms with van der Waals surface area (Å²) in [7, 11) is 0. The zero-order chi connectivity index (χ0) is 18.9. The maximum atomic E-state index is 12.0. The van der Waals surface area contributed by atoms with Crippen LogP contribution in [0.1, 0.15) is 43.2 Å². The quantitative estimate of drug-likeness (QED) is 0.845. The highest BCUT2D eigenvalue weighted by atomic mass is 16.2. The molecule has 4 unspecified atom stereocenters. The molecule has 1 amide bonds. The summed E-state index contributed by atoms with van der Waals surface area (Å²) in [4.78, 5) is 12.0. The SMILES string of the molecule is O=C1CC2CCC3C(c4ccccc4)=NN=C(c4ccccc4)C3CCC2N1. The summed E-state index contributed by atoms with van der Waals surface area (Å²) in [5.74, 6) is 1.37. The second-order valence-corrected chi connectivity index (χ2v) is 8.21. The molecule has 5 rings (SSSR count). The summed E-state index contributed by atoms with van der Waals surface area (Å²) >= 11 is 0.